The second-order valence-corrected chi connectivity index (χ2v) is 7.03. The van der Waals surface area contributed by atoms with Crippen molar-refractivity contribution in [2.75, 3.05) is 26.4 Å². The third kappa shape index (κ3) is 3.12. The van der Waals surface area contributed by atoms with Gasteiger partial charge in [0, 0.05) is 28.9 Å². The second-order valence-electron chi connectivity index (χ2n) is 5.66. The Kier molecular flexibility index (Phi) is 4.43. The second kappa shape index (κ2) is 5.70. The molecule has 0 saturated carbocycles. The first-order chi connectivity index (χ1) is 8.54. The lowest BCUT2D eigenvalue weighted by Crippen LogP contribution is -2.54. The molecule has 0 unspecified atom stereocenters. The van der Waals surface area contributed by atoms with Gasteiger partial charge in [0.2, 0.25) is 0 Å². The molecule has 0 radical (unpaired) electrons. The summed E-state index contributed by atoms with van der Waals surface area (Å²) in [6, 6.07) is 4.86. The molecule has 0 spiro atoms. The summed E-state index contributed by atoms with van der Waals surface area (Å²) in [5.74, 6) is 0. The summed E-state index contributed by atoms with van der Waals surface area (Å²) in [7, 11) is 0. The zero-order valence-electron chi connectivity index (χ0n) is 11.5. The SMILES string of the molecule is Cc1ccc(CN(CC2(CO)COC2)C(C)C)s1. The number of nitrogens with zero attached hydrogens (tertiary/aromatic N) is 1. The molecule has 2 rings (SSSR count). The van der Waals surface area contributed by atoms with Crippen molar-refractivity contribution in [1.29, 1.82) is 0 Å². The lowest BCUT2D eigenvalue weighted by molar-refractivity contribution is -0.151. The third-order valence-corrected chi connectivity index (χ3v) is 4.56. The maximum atomic E-state index is 9.53. The molecule has 1 N–H and O–H groups in total. The van der Waals surface area contributed by atoms with Crippen molar-refractivity contribution in [2.45, 2.75) is 33.4 Å². The minimum absolute atomic E-state index is 0.0312. The van der Waals surface area contributed by atoms with Gasteiger partial charge in [0.25, 0.3) is 0 Å². The first-order valence-corrected chi connectivity index (χ1v) is 7.34. The monoisotopic (exact) mass is 269 g/mol. The number of ether oxygens (including phenoxy) is 1. The number of aryl methyl sites for hydroxylation is 1. The first kappa shape index (κ1) is 14.0. The van der Waals surface area contributed by atoms with E-state index in [0.717, 1.165) is 13.1 Å². The highest BCUT2D eigenvalue weighted by Crippen LogP contribution is 2.30. The molecule has 4 heteroatoms. The molecule has 102 valence electrons. The Morgan fingerprint density at radius 1 is 1.44 bits per heavy atom. The van der Waals surface area contributed by atoms with Crippen LogP contribution in [0.5, 0.6) is 0 Å². The zero-order valence-corrected chi connectivity index (χ0v) is 12.3. The van der Waals surface area contributed by atoms with Crippen LogP contribution in [0.25, 0.3) is 0 Å². The van der Waals surface area contributed by atoms with E-state index in [1.807, 2.05) is 11.3 Å². The Hall–Kier alpha value is -0.420. The van der Waals surface area contributed by atoms with Crippen molar-refractivity contribution in [3.05, 3.63) is 21.9 Å². The van der Waals surface area contributed by atoms with E-state index in [2.05, 4.69) is 37.8 Å². The van der Waals surface area contributed by atoms with Crippen LogP contribution in [0, 0.1) is 12.3 Å². The van der Waals surface area contributed by atoms with Crippen LogP contribution in [0.2, 0.25) is 0 Å². The fraction of sp³-hybridized carbons (Fsp3) is 0.714. The summed E-state index contributed by atoms with van der Waals surface area (Å²) < 4.78 is 5.28. The standard InChI is InChI=1S/C14H23NO2S/c1-11(2)15(6-13-5-4-12(3)18-13)7-14(8-16)9-17-10-14/h4-5,11,16H,6-10H2,1-3H3. The summed E-state index contributed by atoms with van der Waals surface area (Å²) in [5.41, 5.74) is -0.0312. The normalized spacial score (nSPS) is 18.3. The first-order valence-electron chi connectivity index (χ1n) is 6.53. The van der Waals surface area contributed by atoms with Crippen LogP contribution >= 0.6 is 11.3 Å². The average Bonchev–Trinajstić information content (AvgIpc) is 2.67. The summed E-state index contributed by atoms with van der Waals surface area (Å²) >= 11 is 1.86. The topological polar surface area (TPSA) is 32.7 Å². The van der Waals surface area contributed by atoms with Gasteiger partial charge in [-0.15, -0.1) is 11.3 Å². The van der Waals surface area contributed by atoms with Crippen molar-refractivity contribution in [2.24, 2.45) is 5.41 Å². The number of hydrogen-bond donors (Lipinski definition) is 1. The van der Waals surface area contributed by atoms with Crippen LogP contribution in [0.1, 0.15) is 23.6 Å². The Morgan fingerprint density at radius 3 is 2.56 bits per heavy atom. The van der Waals surface area contributed by atoms with Gasteiger partial charge < -0.3 is 9.84 Å². The molecule has 1 saturated heterocycles. The van der Waals surface area contributed by atoms with Gasteiger partial charge in [0.05, 0.1) is 25.2 Å². The van der Waals surface area contributed by atoms with Crippen LogP contribution in [0.15, 0.2) is 12.1 Å². The van der Waals surface area contributed by atoms with Crippen molar-refractivity contribution >= 4 is 11.3 Å². The van der Waals surface area contributed by atoms with Gasteiger partial charge in [-0.1, -0.05) is 0 Å². The summed E-state index contributed by atoms with van der Waals surface area (Å²) in [6.07, 6.45) is 0. The van der Waals surface area contributed by atoms with Gasteiger partial charge in [-0.2, -0.15) is 0 Å². The molecule has 0 atom stereocenters. The number of rotatable bonds is 6. The molecule has 1 aliphatic heterocycles. The van der Waals surface area contributed by atoms with Crippen LogP contribution in [-0.4, -0.2) is 42.4 Å². The number of aliphatic hydroxyl groups is 1. The average molecular weight is 269 g/mol. The predicted octanol–water partition coefficient (Wildman–Crippen LogP) is 2.28. The minimum atomic E-state index is -0.0312. The predicted molar refractivity (Wildman–Crippen MR) is 74.9 cm³/mol. The van der Waals surface area contributed by atoms with Crippen LogP contribution in [0.3, 0.4) is 0 Å². The lowest BCUT2D eigenvalue weighted by atomic mass is 9.86. The molecule has 0 aliphatic carbocycles. The number of thiophene rings is 1. The van der Waals surface area contributed by atoms with Gasteiger partial charge in [-0.3, -0.25) is 4.90 Å². The van der Waals surface area contributed by atoms with Gasteiger partial charge >= 0.3 is 0 Å². The third-order valence-electron chi connectivity index (χ3n) is 3.58. The van der Waals surface area contributed by atoms with Crippen LogP contribution < -0.4 is 0 Å². The van der Waals surface area contributed by atoms with Crippen molar-refractivity contribution in [3.63, 3.8) is 0 Å². The maximum Gasteiger partial charge on any atom is 0.0579 e. The molecule has 0 amide bonds. The minimum Gasteiger partial charge on any atom is -0.396 e. The number of aliphatic hydroxyl groups excluding tert-OH is 1. The zero-order chi connectivity index (χ0) is 13.2. The highest BCUT2D eigenvalue weighted by Gasteiger charge is 2.40. The molecule has 2 heterocycles. The highest BCUT2D eigenvalue weighted by atomic mass is 32.1. The lowest BCUT2D eigenvalue weighted by Gasteiger charge is -2.44. The largest absolute Gasteiger partial charge is 0.396 e. The summed E-state index contributed by atoms with van der Waals surface area (Å²) in [4.78, 5) is 5.19. The van der Waals surface area contributed by atoms with Gasteiger partial charge in [-0.05, 0) is 32.9 Å². The maximum absolute atomic E-state index is 9.53. The van der Waals surface area contributed by atoms with Crippen molar-refractivity contribution in [1.82, 2.24) is 4.90 Å². The Balaban J connectivity index is 2.00. The molecular formula is C14H23NO2S. The van der Waals surface area contributed by atoms with E-state index < -0.39 is 0 Å². The molecule has 1 aromatic heterocycles. The number of hydrogen-bond acceptors (Lipinski definition) is 4. The van der Waals surface area contributed by atoms with Gasteiger partial charge in [0.15, 0.2) is 0 Å². The van der Waals surface area contributed by atoms with Crippen molar-refractivity contribution in [3.8, 4) is 0 Å². The Morgan fingerprint density at radius 2 is 2.17 bits per heavy atom. The van der Waals surface area contributed by atoms with E-state index in [0.29, 0.717) is 19.3 Å². The summed E-state index contributed by atoms with van der Waals surface area (Å²) in [5, 5.41) is 9.53. The highest BCUT2D eigenvalue weighted by molar-refractivity contribution is 7.11. The molecule has 0 bridgehead atoms. The molecule has 1 aromatic rings. The molecule has 3 nitrogen and oxygen atoms in total. The van der Waals surface area contributed by atoms with Crippen molar-refractivity contribution < 1.29 is 9.84 Å². The van der Waals surface area contributed by atoms with Crippen LogP contribution in [-0.2, 0) is 11.3 Å². The molecular weight excluding hydrogens is 246 g/mol. The molecule has 1 fully saturated rings. The molecule has 18 heavy (non-hydrogen) atoms. The quantitative estimate of drug-likeness (QED) is 0.860. The van der Waals surface area contributed by atoms with E-state index in [9.17, 15) is 5.11 Å². The Bertz CT molecular complexity index is 379. The van der Waals surface area contributed by atoms with E-state index in [4.69, 9.17) is 4.74 Å². The fourth-order valence-corrected chi connectivity index (χ4v) is 3.16. The Labute approximate surface area is 113 Å². The van der Waals surface area contributed by atoms with Crippen LogP contribution in [0.4, 0.5) is 0 Å². The van der Waals surface area contributed by atoms with E-state index >= 15 is 0 Å². The van der Waals surface area contributed by atoms with E-state index in [1.54, 1.807) is 0 Å². The molecule has 1 aliphatic rings. The summed E-state index contributed by atoms with van der Waals surface area (Å²) in [6.45, 7) is 10.1. The molecule has 0 aromatic carbocycles. The van der Waals surface area contributed by atoms with E-state index in [-0.39, 0.29) is 12.0 Å². The van der Waals surface area contributed by atoms with E-state index in [1.165, 1.54) is 9.75 Å². The van der Waals surface area contributed by atoms with Gasteiger partial charge in [0.1, 0.15) is 0 Å². The fourth-order valence-electron chi connectivity index (χ4n) is 2.25. The smallest absolute Gasteiger partial charge is 0.0579 e. The van der Waals surface area contributed by atoms with Gasteiger partial charge in [-0.25, -0.2) is 0 Å².